The van der Waals surface area contributed by atoms with Crippen LogP contribution in [0.15, 0.2) is 10.9 Å². The first kappa shape index (κ1) is 9.85. The zero-order valence-electron chi connectivity index (χ0n) is 6.97. The highest BCUT2D eigenvalue weighted by molar-refractivity contribution is 5.21. The van der Waals surface area contributed by atoms with Crippen LogP contribution in [0.4, 0.5) is 8.78 Å². The van der Waals surface area contributed by atoms with Gasteiger partial charge in [-0.1, -0.05) is 0 Å². The number of hydrogen-bond acceptors (Lipinski definition) is 2. The van der Waals surface area contributed by atoms with Crippen LogP contribution in [0.2, 0.25) is 0 Å². The van der Waals surface area contributed by atoms with E-state index in [4.69, 9.17) is 5.11 Å². The highest BCUT2D eigenvalue weighted by atomic mass is 19.3. The Morgan fingerprint density at radius 2 is 2.23 bits per heavy atom. The lowest BCUT2D eigenvalue weighted by atomic mass is 10.2. The molecule has 1 aromatic heterocycles. The molecule has 2 N–H and O–H groups in total. The van der Waals surface area contributed by atoms with Crippen molar-refractivity contribution < 1.29 is 13.9 Å². The molecule has 0 spiro atoms. The zero-order chi connectivity index (χ0) is 10.0. The van der Waals surface area contributed by atoms with E-state index in [9.17, 15) is 13.6 Å². The molecular weight excluding hydrogens is 180 g/mol. The van der Waals surface area contributed by atoms with Gasteiger partial charge in [0.2, 0.25) is 0 Å². The number of nitrogens with one attached hydrogen (secondary N) is 1. The molecule has 0 unspecified atom stereocenters. The van der Waals surface area contributed by atoms with E-state index in [-0.39, 0.29) is 11.3 Å². The summed E-state index contributed by atoms with van der Waals surface area (Å²) in [5.74, 6) is 0. The Morgan fingerprint density at radius 1 is 1.62 bits per heavy atom. The molecule has 0 fully saturated rings. The molecule has 0 saturated heterocycles. The molecule has 0 aromatic carbocycles. The van der Waals surface area contributed by atoms with Gasteiger partial charge in [0.05, 0.1) is 12.3 Å². The van der Waals surface area contributed by atoms with E-state index >= 15 is 0 Å². The van der Waals surface area contributed by atoms with Crippen LogP contribution >= 0.6 is 0 Å². The van der Waals surface area contributed by atoms with Crippen molar-refractivity contribution in [1.82, 2.24) is 4.98 Å². The third-order valence-corrected chi connectivity index (χ3v) is 1.80. The average Bonchev–Trinajstić information content (AvgIpc) is 2.09. The maximum absolute atomic E-state index is 12.1. The molecular formula is C8H9F2NO2. The SMILES string of the molecule is Cc1c(CO)[nH]c(C(F)F)cc1=O. The Kier molecular flexibility index (Phi) is 2.77. The molecule has 72 valence electrons. The number of aliphatic hydroxyl groups excluding tert-OH is 1. The van der Waals surface area contributed by atoms with Gasteiger partial charge in [0.1, 0.15) is 0 Å². The highest BCUT2D eigenvalue weighted by Gasteiger charge is 2.11. The predicted octanol–water partition coefficient (Wildman–Crippen LogP) is 1.11. The summed E-state index contributed by atoms with van der Waals surface area (Å²) in [5, 5.41) is 8.73. The lowest BCUT2D eigenvalue weighted by Crippen LogP contribution is -2.12. The van der Waals surface area contributed by atoms with Crippen molar-refractivity contribution in [2.24, 2.45) is 0 Å². The minimum Gasteiger partial charge on any atom is -0.390 e. The first-order valence-corrected chi connectivity index (χ1v) is 3.68. The summed E-state index contributed by atoms with van der Waals surface area (Å²) in [6, 6.07) is 0.846. The molecule has 5 heteroatoms. The van der Waals surface area contributed by atoms with Gasteiger partial charge < -0.3 is 10.1 Å². The molecule has 0 aliphatic heterocycles. The normalized spacial score (nSPS) is 10.8. The Bertz CT molecular complexity index is 360. The van der Waals surface area contributed by atoms with Crippen molar-refractivity contribution in [3.63, 3.8) is 0 Å². The van der Waals surface area contributed by atoms with Crippen molar-refractivity contribution in [2.45, 2.75) is 20.0 Å². The number of aromatic amines is 1. The summed E-state index contributed by atoms with van der Waals surface area (Å²) in [5.41, 5.74) is -0.535. The lowest BCUT2D eigenvalue weighted by molar-refractivity contribution is 0.145. The van der Waals surface area contributed by atoms with Crippen molar-refractivity contribution >= 4 is 0 Å². The first-order valence-electron chi connectivity index (χ1n) is 3.68. The minimum absolute atomic E-state index is 0.141. The van der Waals surface area contributed by atoms with E-state index in [0.717, 1.165) is 6.07 Å². The quantitative estimate of drug-likeness (QED) is 0.732. The van der Waals surface area contributed by atoms with Crippen LogP contribution in [-0.4, -0.2) is 10.1 Å². The standard InChI is InChI=1S/C8H9F2NO2/c1-4-6(3-12)11-5(8(9)10)2-7(4)13/h2,8,12H,3H2,1H3,(H,11,13). The molecule has 1 heterocycles. The molecule has 0 amide bonds. The van der Waals surface area contributed by atoms with Crippen LogP contribution in [0, 0.1) is 6.92 Å². The van der Waals surface area contributed by atoms with Gasteiger partial charge in [-0.3, -0.25) is 4.79 Å². The fraction of sp³-hybridized carbons (Fsp3) is 0.375. The van der Waals surface area contributed by atoms with Crippen LogP contribution in [0.5, 0.6) is 0 Å². The smallest absolute Gasteiger partial charge is 0.278 e. The van der Waals surface area contributed by atoms with Gasteiger partial charge in [0.25, 0.3) is 6.43 Å². The van der Waals surface area contributed by atoms with Gasteiger partial charge >= 0.3 is 0 Å². The Hall–Kier alpha value is -1.23. The Labute approximate surface area is 73.0 Å². The van der Waals surface area contributed by atoms with E-state index < -0.39 is 24.2 Å². The maximum Gasteiger partial charge on any atom is 0.278 e. The van der Waals surface area contributed by atoms with Crippen LogP contribution in [0.1, 0.15) is 23.4 Å². The van der Waals surface area contributed by atoms with Crippen molar-refractivity contribution in [3.8, 4) is 0 Å². The number of alkyl halides is 2. The second kappa shape index (κ2) is 3.66. The van der Waals surface area contributed by atoms with Gasteiger partial charge in [0, 0.05) is 17.3 Å². The van der Waals surface area contributed by atoms with E-state index in [0.29, 0.717) is 0 Å². The van der Waals surface area contributed by atoms with Crippen LogP contribution < -0.4 is 5.43 Å². The fourth-order valence-electron chi connectivity index (χ4n) is 0.978. The predicted molar refractivity (Wildman–Crippen MR) is 42.7 cm³/mol. The Morgan fingerprint density at radius 3 is 2.69 bits per heavy atom. The molecule has 0 atom stereocenters. The molecule has 0 saturated carbocycles. The summed E-state index contributed by atoms with van der Waals surface area (Å²) in [6.45, 7) is 1.03. The van der Waals surface area contributed by atoms with Gasteiger partial charge in [-0.25, -0.2) is 8.78 Å². The van der Waals surface area contributed by atoms with Crippen molar-refractivity contribution in [1.29, 1.82) is 0 Å². The van der Waals surface area contributed by atoms with Crippen LogP contribution in [-0.2, 0) is 6.61 Å². The number of pyridine rings is 1. The summed E-state index contributed by atoms with van der Waals surface area (Å²) in [7, 11) is 0. The molecule has 0 bridgehead atoms. The average molecular weight is 189 g/mol. The van der Waals surface area contributed by atoms with Gasteiger partial charge in [-0.2, -0.15) is 0 Å². The third kappa shape index (κ3) is 1.92. The van der Waals surface area contributed by atoms with E-state index in [2.05, 4.69) is 4.98 Å². The van der Waals surface area contributed by atoms with Gasteiger partial charge in [0.15, 0.2) is 5.43 Å². The summed E-state index contributed by atoms with van der Waals surface area (Å²) in [6.07, 6.45) is -2.72. The maximum atomic E-state index is 12.1. The van der Waals surface area contributed by atoms with Gasteiger partial charge in [-0.05, 0) is 6.92 Å². The Balaban J connectivity index is 3.31. The van der Waals surface area contributed by atoms with Crippen LogP contribution in [0.25, 0.3) is 0 Å². The van der Waals surface area contributed by atoms with Gasteiger partial charge in [-0.15, -0.1) is 0 Å². The molecule has 0 aliphatic rings. The number of aromatic nitrogens is 1. The van der Waals surface area contributed by atoms with E-state index in [1.54, 1.807) is 0 Å². The van der Waals surface area contributed by atoms with Crippen molar-refractivity contribution in [2.75, 3.05) is 0 Å². The summed E-state index contributed by atoms with van der Waals surface area (Å²) < 4.78 is 24.3. The lowest BCUT2D eigenvalue weighted by Gasteiger charge is -2.05. The second-order valence-electron chi connectivity index (χ2n) is 2.65. The molecule has 0 radical (unpaired) electrons. The molecule has 13 heavy (non-hydrogen) atoms. The minimum atomic E-state index is -2.72. The number of rotatable bonds is 2. The second-order valence-corrected chi connectivity index (χ2v) is 2.65. The zero-order valence-corrected chi connectivity index (χ0v) is 6.97. The van der Waals surface area contributed by atoms with E-state index in [1.165, 1.54) is 6.92 Å². The third-order valence-electron chi connectivity index (χ3n) is 1.80. The molecule has 1 rings (SSSR count). The highest BCUT2D eigenvalue weighted by Crippen LogP contribution is 2.15. The van der Waals surface area contributed by atoms with E-state index in [1.807, 2.05) is 0 Å². The topological polar surface area (TPSA) is 53.1 Å². The summed E-state index contributed by atoms with van der Waals surface area (Å²) in [4.78, 5) is 13.4. The number of halogens is 2. The largest absolute Gasteiger partial charge is 0.390 e. The van der Waals surface area contributed by atoms with Crippen molar-refractivity contribution in [3.05, 3.63) is 33.2 Å². The molecule has 3 nitrogen and oxygen atoms in total. The first-order chi connectivity index (χ1) is 6.06. The number of H-pyrrole nitrogens is 1. The molecule has 0 aliphatic carbocycles. The monoisotopic (exact) mass is 189 g/mol. The number of aliphatic hydroxyl groups is 1. The summed E-state index contributed by atoms with van der Waals surface area (Å²) >= 11 is 0. The van der Waals surface area contributed by atoms with Crippen LogP contribution in [0.3, 0.4) is 0 Å². The molecule has 1 aromatic rings. The fourth-order valence-corrected chi connectivity index (χ4v) is 0.978. The number of hydrogen-bond donors (Lipinski definition) is 2.